The molecule has 1 spiro atoms. The zero-order valence-corrected chi connectivity index (χ0v) is 27.0. The predicted molar refractivity (Wildman–Crippen MR) is 177 cm³/mol. The summed E-state index contributed by atoms with van der Waals surface area (Å²) in [6, 6.07) is 20.9. The van der Waals surface area contributed by atoms with Gasteiger partial charge in [0.15, 0.2) is 0 Å². The molecular weight excluding hydrogens is 666 g/mol. The van der Waals surface area contributed by atoms with Gasteiger partial charge in [-0.1, -0.05) is 88.7 Å². The predicted octanol–water partition coefficient (Wildman–Crippen LogP) is 3.79. The van der Waals surface area contributed by atoms with E-state index < -0.39 is 59.3 Å². The van der Waals surface area contributed by atoms with Gasteiger partial charge in [0.25, 0.3) is 5.91 Å². The number of esters is 1. The third-order valence-electron chi connectivity index (χ3n) is 9.51. The van der Waals surface area contributed by atoms with E-state index in [0.29, 0.717) is 16.6 Å². The van der Waals surface area contributed by atoms with E-state index in [0.717, 1.165) is 16.3 Å². The van der Waals surface area contributed by atoms with Gasteiger partial charge in [-0.05, 0) is 41.0 Å². The number of anilines is 1. The summed E-state index contributed by atoms with van der Waals surface area (Å²) in [7, 11) is 0. The number of carbonyl (C=O) groups excluding carboxylic acids is 4. The number of hydrogen-bond acceptors (Lipinski definition) is 7. The lowest BCUT2D eigenvalue weighted by Crippen LogP contribution is -2.56. The molecule has 2 N–H and O–H groups in total. The van der Waals surface area contributed by atoms with Crippen molar-refractivity contribution in [3.63, 3.8) is 0 Å². The fraction of sp³-hybridized carbons (Fsp3) is 0.333. The van der Waals surface area contributed by atoms with Crippen LogP contribution in [0.3, 0.4) is 0 Å². The molecule has 11 heteroatoms. The second-order valence-electron chi connectivity index (χ2n) is 12.2. The first-order valence-corrected chi connectivity index (χ1v) is 16.5. The summed E-state index contributed by atoms with van der Waals surface area (Å²) in [5, 5.41) is 15.0. The van der Waals surface area contributed by atoms with Crippen LogP contribution in [0.1, 0.15) is 24.4 Å². The molecule has 4 aliphatic heterocycles. The molecule has 47 heavy (non-hydrogen) atoms. The smallest absolute Gasteiger partial charge is 0.306 e. The van der Waals surface area contributed by atoms with Gasteiger partial charge in [0, 0.05) is 29.7 Å². The number of nitrogens with zero attached hydrogens (tertiary/aromatic N) is 2. The molecule has 0 radical (unpaired) electrons. The van der Waals surface area contributed by atoms with E-state index in [1.807, 2.05) is 84.9 Å². The van der Waals surface area contributed by atoms with Crippen LogP contribution in [0.15, 0.2) is 95.5 Å². The number of aliphatic hydroxyl groups is 1. The number of rotatable bonds is 4. The number of ether oxygens (including phenoxy) is 2. The fourth-order valence-electron chi connectivity index (χ4n) is 7.38. The number of halogens is 1. The topological polar surface area (TPSA) is 125 Å². The standard InChI is InChI=1S/C36H34BrN3O7/c37-26-20-36-30-29(31(26)47-36)33(43)38-27(23-10-3-1-4-11-23)21-46-28(42)13-5-2-8-16-39(35(45)32(36)40(17-18-41)34(30)44)25-15-14-22-9-6-7-12-24(22)19-25/h1-4,6-12,14-15,19-20,27,29-32,41H,5,13,16-18,21H2,(H,38,43)/b8-2-/t27-,29-,30+,31-,32-,36+/m1/s1. The van der Waals surface area contributed by atoms with Gasteiger partial charge in [-0.15, -0.1) is 0 Å². The molecule has 5 bridgehead atoms. The summed E-state index contributed by atoms with van der Waals surface area (Å²) in [4.78, 5) is 59.1. The SMILES string of the molecule is O=C1CC/C=C\CN(c2ccc3ccccc3c2)C(=O)[C@H]2N(CCO)C(=O)[C@@H]3[C@@H](C(=O)N[C@@H](c4ccccc4)CO1)[C@@H]1O[C@@]32C=C1Br. The van der Waals surface area contributed by atoms with E-state index >= 15 is 0 Å². The van der Waals surface area contributed by atoms with Gasteiger partial charge in [0.05, 0.1) is 24.5 Å². The number of likely N-dealkylation sites (tertiary alicyclic amines) is 1. The third kappa shape index (κ3) is 5.46. The Kier molecular flexibility index (Phi) is 8.46. The molecule has 10 nitrogen and oxygen atoms in total. The fourth-order valence-corrected chi connectivity index (χ4v) is 8.12. The number of amides is 3. The van der Waals surface area contributed by atoms with E-state index in [1.165, 1.54) is 4.90 Å². The zero-order valence-electron chi connectivity index (χ0n) is 25.5. The largest absolute Gasteiger partial charge is 0.463 e. The van der Waals surface area contributed by atoms with Crippen LogP contribution < -0.4 is 10.2 Å². The van der Waals surface area contributed by atoms with Crippen molar-refractivity contribution in [2.24, 2.45) is 11.8 Å². The van der Waals surface area contributed by atoms with Crippen LogP contribution in [0.25, 0.3) is 10.8 Å². The molecular formula is C36H34BrN3O7. The molecule has 3 aromatic carbocycles. The van der Waals surface area contributed by atoms with Crippen LogP contribution in [0, 0.1) is 11.8 Å². The Morgan fingerprint density at radius 3 is 2.49 bits per heavy atom. The molecule has 4 heterocycles. The Balaban J connectivity index is 1.33. The zero-order chi connectivity index (χ0) is 32.7. The summed E-state index contributed by atoms with van der Waals surface area (Å²) in [6.45, 7) is -0.421. The molecule has 0 aromatic heterocycles. The quantitative estimate of drug-likeness (QED) is 0.314. The maximum atomic E-state index is 14.9. The molecule has 242 valence electrons. The number of cyclic esters (lactones) is 1. The lowest BCUT2D eigenvalue weighted by molar-refractivity contribution is -0.145. The Hall–Kier alpha value is -4.32. The van der Waals surface area contributed by atoms with Crippen LogP contribution in [0.5, 0.6) is 0 Å². The highest BCUT2D eigenvalue weighted by atomic mass is 79.9. The minimum atomic E-state index is -1.45. The van der Waals surface area contributed by atoms with Crippen LogP contribution in [0.4, 0.5) is 5.69 Å². The van der Waals surface area contributed by atoms with Gasteiger partial charge >= 0.3 is 5.97 Å². The molecule has 7 rings (SSSR count). The molecule has 6 atom stereocenters. The normalized spacial score (nSPS) is 30.3. The van der Waals surface area contributed by atoms with Crippen molar-refractivity contribution >= 4 is 56.1 Å². The van der Waals surface area contributed by atoms with Crippen molar-refractivity contribution in [1.82, 2.24) is 10.2 Å². The molecule has 0 aliphatic carbocycles. The molecule has 0 saturated carbocycles. The lowest BCUT2D eigenvalue weighted by Gasteiger charge is -2.35. The van der Waals surface area contributed by atoms with Crippen molar-refractivity contribution in [3.05, 3.63) is 101 Å². The first-order chi connectivity index (χ1) is 22.8. The van der Waals surface area contributed by atoms with E-state index in [-0.39, 0.29) is 32.7 Å². The maximum Gasteiger partial charge on any atom is 0.306 e. The molecule has 2 saturated heterocycles. The molecule has 2 fully saturated rings. The van der Waals surface area contributed by atoms with Crippen LogP contribution >= 0.6 is 15.9 Å². The highest BCUT2D eigenvalue weighted by Crippen LogP contribution is 2.58. The molecule has 3 aromatic rings. The van der Waals surface area contributed by atoms with Crippen molar-refractivity contribution < 1.29 is 33.8 Å². The Labute approximate surface area is 280 Å². The highest BCUT2D eigenvalue weighted by molar-refractivity contribution is 9.11. The van der Waals surface area contributed by atoms with Gasteiger partial charge in [-0.2, -0.15) is 0 Å². The molecule has 0 unspecified atom stereocenters. The molecule has 3 amide bonds. The number of hydrogen-bond donors (Lipinski definition) is 2. The number of nitrogens with one attached hydrogen (secondary N) is 1. The Morgan fingerprint density at radius 1 is 0.936 bits per heavy atom. The molecule has 4 aliphatic rings. The number of aliphatic hydroxyl groups excluding tert-OH is 1. The number of carbonyl (C=O) groups is 4. The number of β-amino-alcohol motifs (C(OH)–C–C–N with tert-alkyl or cyclic N) is 1. The third-order valence-corrected chi connectivity index (χ3v) is 10.2. The lowest BCUT2D eigenvalue weighted by atomic mass is 9.74. The van der Waals surface area contributed by atoms with Crippen LogP contribution in [0.2, 0.25) is 0 Å². The van der Waals surface area contributed by atoms with Gasteiger partial charge in [0.2, 0.25) is 11.8 Å². The van der Waals surface area contributed by atoms with Crippen molar-refractivity contribution in [2.45, 2.75) is 36.6 Å². The summed E-state index contributed by atoms with van der Waals surface area (Å²) < 4.78 is 12.8. The first-order valence-electron chi connectivity index (χ1n) is 15.8. The summed E-state index contributed by atoms with van der Waals surface area (Å²) >= 11 is 3.58. The average Bonchev–Trinajstić information content (AvgIpc) is 3.67. The van der Waals surface area contributed by atoms with Gasteiger partial charge in [-0.3, -0.25) is 19.2 Å². The van der Waals surface area contributed by atoms with E-state index in [2.05, 4.69) is 21.2 Å². The summed E-state index contributed by atoms with van der Waals surface area (Å²) in [5.41, 5.74) is -0.0998. The monoisotopic (exact) mass is 699 g/mol. The first kappa shape index (κ1) is 31.3. The highest BCUT2D eigenvalue weighted by Gasteiger charge is 2.74. The minimum Gasteiger partial charge on any atom is -0.463 e. The summed E-state index contributed by atoms with van der Waals surface area (Å²) in [5.74, 6) is -3.71. The average molecular weight is 701 g/mol. The van der Waals surface area contributed by atoms with Gasteiger partial charge in [-0.25, -0.2) is 0 Å². The number of benzene rings is 3. The van der Waals surface area contributed by atoms with Crippen LogP contribution in [-0.4, -0.2) is 77.7 Å². The Bertz CT molecular complexity index is 1800. The van der Waals surface area contributed by atoms with Crippen molar-refractivity contribution in [1.29, 1.82) is 0 Å². The maximum absolute atomic E-state index is 14.9. The number of allylic oxidation sites excluding steroid dienone is 1. The van der Waals surface area contributed by atoms with E-state index in [4.69, 9.17) is 9.47 Å². The van der Waals surface area contributed by atoms with Crippen molar-refractivity contribution in [2.75, 3.05) is 31.2 Å². The van der Waals surface area contributed by atoms with Crippen LogP contribution in [-0.2, 0) is 28.7 Å². The van der Waals surface area contributed by atoms with Gasteiger partial charge < -0.3 is 29.7 Å². The second kappa shape index (κ2) is 12.7. The Morgan fingerprint density at radius 2 is 1.70 bits per heavy atom. The number of fused-ring (bicyclic) bond motifs is 3. The summed E-state index contributed by atoms with van der Waals surface area (Å²) in [6.07, 6.45) is 5.10. The van der Waals surface area contributed by atoms with E-state index in [1.54, 1.807) is 11.0 Å². The van der Waals surface area contributed by atoms with E-state index in [9.17, 15) is 24.3 Å². The van der Waals surface area contributed by atoms with Crippen molar-refractivity contribution in [3.8, 4) is 0 Å². The second-order valence-corrected chi connectivity index (χ2v) is 13.1. The van der Waals surface area contributed by atoms with Gasteiger partial charge in [0.1, 0.15) is 24.4 Å². The minimum absolute atomic E-state index is 0.0925.